The van der Waals surface area contributed by atoms with Crippen molar-refractivity contribution in [2.45, 2.75) is 271 Å². The Bertz CT molecular complexity index is 2950. The maximum absolute atomic E-state index is 14.5. The first-order valence-electron chi connectivity index (χ1n) is 37.3. The first-order valence-corrected chi connectivity index (χ1v) is 37.3. The number of hydrogen-bond acceptors (Lipinski definition) is 19. The summed E-state index contributed by atoms with van der Waals surface area (Å²) in [7, 11) is 0. The number of aliphatic carboxylic acids is 1. The average molecular weight is 1520 g/mol. The van der Waals surface area contributed by atoms with E-state index in [-0.39, 0.29) is 139 Å². The van der Waals surface area contributed by atoms with Crippen LogP contribution in [0, 0.1) is 36.5 Å². The lowest BCUT2D eigenvalue weighted by atomic mass is 9.99. The highest BCUT2D eigenvalue weighted by Gasteiger charge is 2.40. The standard InChI is InChI=1S/C70H127N21O16/c1-13-22-55(93)81-49(33-38(3)4)61(99)83-46(24-16-18-29-72)60(98)90-53(37-92)65(103)85-45(23-15-17-28-71)59(97)88-52(36-41(9)10)63(101)84-47(25-19-30-77-69(73)74)58(96)79-42(11)56(94)87-50(34-39(5)6)64(102)89-51(35-40(7)8)62(100)82-44(14-2)57(95)80-43(12)67(105)91-32-21-27-54(91)66(104)86-48(68(106)107)26-20-31-78-70(75)76/h14,22,38-54,92H,13,15-21,23-37,71-72H2,1-12H3,(H,79,96)(H,80,95)(H,81,93)(H,82,100)(H,83,99)(H,84,101)(H,85,103)(H,86,104)(H,87,94)(H,88,97)(H,89,102)(H,90,98)(H,106,107)(H4,73,74,77)(H4,75,76,78). The highest BCUT2D eigenvalue weighted by Crippen LogP contribution is 2.20. The molecule has 1 aliphatic rings. The molecule has 1 aliphatic heterocycles. The minimum absolute atomic E-state index is 0.00220. The van der Waals surface area contributed by atoms with Crippen molar-refractivity contribution in [1.29, 1.82) is 0 Å². The van der Waals surface area contributed by atoms with Crippen molar-refractivity contribution in [2.24, 2.45) is 68.1 Å². The lowest BCUT2D eigenvalue weighted by Gasteiger charge is -2.29. The molecule has 0 aromatic carbocycles. The van der Waals surface area contributed by atoms with Gasteiger partial charge in [-0.05, 0) is 166 Å². The quantitative estimate of drug-likeness (QED) is 0.0158. The second-order valence-electron chi connectivity index (χ2n) is 28.6. The number of carboxylic acid groups (broad SMARTS) is 1. The molecule has 1 saturated heterocycles. The smallest absolute Gasteiger partial charge is 0.326 e. The number of nitrogens with two attached hydrogens (primary N) is 6. The van der Waals surface area contributed by atoms with Crippen LogP contribution in [0.1, 0.15) is 192 Å². The average Bonchev–Trinajstić information content (AvgIpc) is 1.76. The second kappa shape index (κ2) is 51.3. The van der Waals surface area contributed by atoms with Crippen LogP contribution in [0.4, 0.5) is 0 Å². The Kier molecular flexibility index (Phi) is 46.0. The molecule has 0 aliphatic carbocycles. The number of rotatable bonds is 53. The van der Waals surface area contributed by atoms with Gasteiger partial charge in [0.25, 0.3) is 0 Å². The normalized spacial score (nSPS) is 16.1. The van der Waals surface area contributed by atoms with E-state index in [2.05, 4.69) is 73.8 Å². The van der Waals surface area contributed by atoms with Crippen molar-refractivity contribution in [2.75, 3.05) is 39.3 Å². The van der Waals surface area contributed by atoms with E-state index in [4.69, 9.17) is 34.4 Å². The topological polar surface area (TPSA) is 608 Å². The van der Waals surface area contributed by atoms with E-state index in [1.165, 1.54) is 38.5 Å². The SMILES string of the molecule is C[CH]C(NC(=O)C(CC(C)C)NC(=O)C(CC(C)C)NC(=O)C(C)NC(=O)C(CCCN=C(N)N)NC(=O)C(CC(C)C)NC(=O)C(CCCCN)NC(=O)C(CO)NC(=O)C(CCCCN)NC(=O)C(CC(C)C)NC(=O)[CH]CC)C(=O)NC(C)C(=O)N1CCCC1C(=O)NC(CCCN=C(N)N)C(=O)O. The van der Waals surface area contributed by atoms with Crippen molar-refractivity contribution in [3.63, 3.8) is 0 Å². The van der Waals surface area contributed by atoms with E-state index >= 15 is 0 Å². The highest BCUT2D eigenvalue weighted by molar-refractivity contribution is 6.00. The van der Waals surface area contributed by atoms with Crippen LogP contribution in [-0.4, -0.2) is 228 Å². The van der Waals surface area contributed by atoms with Gasteiger partial charge in [0.05, 0.1) is 6.61 Å². The molecular formula is C70H127N21O16. The Morgan fingerprint density at radius 2 is 0.794 bits per heavy atom. The Hall–Kier alpha value is -9.00. The molecule has 26 N–H and O–H groups in total. The lowest BCUT2D eigenvalue weighted by molar-refractivity contribution is -0.145. The van der Waals surface area contributed by atoms with Crippen LogP contribution in [0.3, 0.4) is 0 Å². The number of aliphatic hydroxyl groups excluding tert-OH is 1. The molecule has 13 unspecified atom stereocenters. The first kappa shape index (κ1) is 96.0. The van der Waals surface area contributed by atoms with Crippen molar-refractivity contribution in [1.82, 2.24) is 68.7 Å². The van der Waals surface area contributed by atoms with Crippen LogP contribution >= 0.6 is 0 Å². The number of guanidine groups is 2. The van der Waals surface area contributed by atoms with Crippen molar-refractivity contribution in [3.8, 4) is 0 Å². The molecule has 1 fully saturated rings. The molecule has 0 saturated carbocycles. The summed E-state index contributed by atoms with van der Waals surface area (Å²) in [5.74, 6) is -12.6. The Balaban J connectivity index is 3.44. The Morgan fingerprint density at radius 1 is 0.439 bits per heavy atom. The monoisotopic (exact) mass is 1520 g/mol. The third kappa shape index (κ3) is 37.9. The molecule has 1 rings (SSSR count). The fourth-order valence-corrected chi connectivity index (χ4v) is 11.5. The number of nitrogens with one attached hydrogen (secondary N) is 12. The zero-order valence-corrected chi connectivity index (χ0v) is 64.6. The van der Waals surface area contributed by atoms with Crippen molar-refractivity contribution in [3.05, 3.63) is 12.8 Å². The number of carbonyl (C=O) groups excluding carboxylic acids is 13. The van der Waals surface area contributed by atoms with Crippen molar-refractivity contribution >= 4 is 94.7 Å². The Labute approximate surface area is 629 Å². The number of likely N-dealkylation sites (tertiary alicyclic amines) is 1. The number of carboxylic acids is 1. The fraction of sp³-hybridized carbons (Fsp3) is 0.743. The number of aliphatic hydroxyl groups is 1. The maximum atomic E-state index is 14.5. The first-order chi connectivity index (χ1) is 50.3. The van der Waals surface area contributed by atoms with Gasteiger partial charge < -0.3 is 113 Å². The van der Waals surface area contributed by atoms with Crippen LogP contribution in [0.15, 0.2) is 9.98 Å². The van der Waals surface area contributed by atoms with E-state index in [0.29, 0.717) is 38.5 Å². The lowest BCUT2D eigenvalue weighted by Crippen LogP contribution is -2.61. The molecule has 608 valence electrons. The van der Waals surface area contributed by atoms with Crippen molar-refractivity contribution < 1.29 is 77.3 Å². The summed E-state index contributed by atoms with van der Waals surface area (Å²) in [6, 6.07) is -16.9. The van der Waals surface area contributed by atoms with Crippen LogP contribution in [-0.2, 0) is 67.1 Å². The van der Waals surface area contributed by atoms with E-state index in [0.717, 1.165) is 0 Å². The molecule has 0 aromatic heterocycles. The summed E-state index contributed by atoms with van der Waals surface area (Å²) in [5, 5.41) is 51.8. The van der Waals surface area contributed by atoms with Crippen LogP contribution in [0.2, 0.25) is 0 Å². The molecule has 0 bridgehead atoms. The van der Waals surface area contributed by atoms with Gasteiger partial charge in [-0.25, -0.2) is 4.79 Å². The van der Waals surface area contributed by atoms with Crippen LogP contribution in [0.25, 0.3) is 0 Å². The fourth-order valence-electron chi connectivity index (χ4n) is 11.5. The predicted octanol–water partition coefficient (Wildman–Crippen LogP) is -3.70. The number of amides is 13. The Morgan fingerprint density at radius 3 is 1.19 bits per heavy atom. The minimum Gasteiger partial charge on any atom is -0.480 e. The molecule has 0 spiro atoms. The molecule has 13 amide bonds. The molecule has 0 aromatic rings. The van der Waals surface area contributed by atoms with Crippen LogP contribution in [0.5, 0.6) is 0 Å². The molecular weight excluding hydrogens is 1390 g/mol. The number of carbonyl (C=O) groups is 14. The van der Waals surface area contributed by atoms with Gasteiger partial charge in [0.2, 0.25) is 76.8 Å². The molecule has 1 heterocycles. The molecule has 2 radical (unpaired) electrons. The van der Waals surface area contributed by atoms with Gasteiger partial charge in [0, 0.05) is 26.1 Å². The van der Waals surface area contributed by atoms with Gasteiger partial charge in [0.1, 0.15) is 78.5 Å². The molecule has 107 heavy (non-hydrogen) atoms. The number of aliphatic imine (C=N–C) groups is 2. The number of nitrogens with zero attached hydrogens (tertiary/aromatic N) is 3. The van der Waals surface area contributed by atoms with Gasteiger partial charge in [-0.1, -0.05) is 69.2 Å². The zero-order valence-electron chi connectivity index (χ0n) is 64.6. The van der Waals surface area contributed by atoms with Gasteiger partial charge >= 0.3 is 5.97 Å². The molecule has 37 heteroatoms. The zero-order chi connectivity index (χ0) is 81.2. The van der Waals surface area contributed by atoms with Crippen LogP contribution < -0.4 is 98.2 Å². The third-order valence-corrected chi connectivity index (χ3v) is 17.1. The van der Waals surface area contributed by atoms with Gasteiger partial charge in [0.15, 0.2) is 11.9 Å². The molecule has 13 atom stereocenters. The predicted molar refractivity (Wildman–Crippen MR) is 402 cm³/mol. The largest absolute Gasteiger partial charge is 0.480 e. The molecule has 37 nitrogen and oxygen atoms in total. The highest BCUT2D eigenvalue weighted by atomic mass is 16.4. The summed E-state index contributed by atoms with van der Waals surface area (Å²) in [4.78, 5) is 202. The minimum atomic E-state index is -1.66. The summed E-state index contributed by atoms with van der Waals surface area (Å²) in [6.45, 7) is 20.2. The summed E-state index contributed by atoms with van der Waals surface area (Å²) >= 11 is 0. The second-order valence-corrected chi connectivity index (χ2v) is 28.6. The summed E-state index contributed by atoms with van der Waals surface area (Å²) < 4.78 is 0. The number of hydrogen-bond donors (Lipinski definition) is 20. The van der Waals surface area contributed by atoms with Gasteiger partial charge in [-0.15, -0.1) is 0 Å². The van der Waals surface area contributed by atoms with E-state index < -0.39 is 168 Å². The van der Waals surface area contributed by atoms with Gasteiger partial charge in [-0.3, -0.25) is 72.3 Å². The van der Waals surface area contributed by atoms with Gasteiger partial charge in [-0.2, -0.15) is 0 Å². The summed E-state index contributed by atoms with van der Waals surface area (Å²) in [6.07, 6.45) is 5.95. The third-order valence-electron chi connectivity index (χ3n) is 17.1. The van der Waals surface area contributed by atoms with E-state index in [9.17, 15) is 77.3 Å². The summed E-state index contributed by atoms with van der Waals surface area (Å²) in [5.41, 5.74) is 33.4. The maximum Gasteiger partial charge on any atom is 0.326 e. The van der Waals surface area contributed by atoms with E-state index in [1.807, 2.05) is 13.8 Å². The van der Waals surface area contributed by atoms with E-state index in [1.54, 1.807) is 48.5 Å². The number of unbranched alkanes of at least 4 members (excludes halogenated alkanes) is 2.